The predicted octanol–water partition coefficient (Wildman–Crippen LogP) is 6.06. The van der Waals surface area contributed by atoms with Crippen molar-refractivity contribution in [2.75, 3.05) is 6.54 Å². The summed E-state index contributed by atoms with van der Waals surface area (Å²) in [6.07, 6.45) is 0.629. The van der Waals surface area contributed by atoms with Gasteiger partial charge >= 0.3 is 0 Å². The van der Waals surface area contributed by atoms with Crippen molar-refractivity contribution < 1.29 is 9.59 Å². The fourth-order valence-corrected chi connectivity index (χ4v) is 4.03. The molecule has 0 bridgehead atoms. The largest absolute Gasteiger partial charge is 0.354 e. The first-order chi connectivity index (χ1) is 16.3. The van der Waals surface area contributed by atoms with Gasteiger partial charge in [-0.2, -0.15) is 0 Å². The number of carbonyl (C=O) groups is 2. The third kappa shape index (κ3) is 8.00. The molecule has 0 spiro atoms. The average molecular weight is 542 g/mol. The molecule has 4 nitrogen and oxygen atoms in total. The molecule has 178 valence electrons. The molecule has 0 fully saturated rings. The molecule has 0 aliphatic heterocycles. The highest BCUT2D eigenvalue weighted by molar-refractivity contribution is 9.10. The van der Waals surface area contributed by atoms with Crippen molar-refractivity contribution in [3.63, 3.8) is 0 Å². The van der Waals surface area contributed by atoms with E-state index in [2.05, 4.69) is 35.1 Å². The first-order valence-electron chi connectivity index (χ1n) is 11.4. The third-order valence-corrected chi connectivity index (χ3v) is 6.27. The summed E-state index contributed by atoms with van der Waals surface area (Å²) < 4.78 is 0.964. The lowest BCUT2D eigenvalue weighted by Crippen LogP contribution is -2.51. The van der Waals surface area contributed by atoms with Gasteiger partial charge < -0.3 is 10.2 Å². The smallest absolute Gasteiger partial charge is 0.243 e. The summed E-state index contributed by atoms with van der Waals surface area (Å²) in [6, 6.07) is 24.3. The zero-order chi connectivity index (χ0) is 24.5. The molecule has 0 heterocycles. The maximum Gasteiger partial charge on any atom is 0.243 e. The molecule has 0 radical (unpaired) electrons. The van der Waals surface area contributed by atoms with E-state index in [1.165, 1.54) is 0 Å². The minimum Gasteiger partial charge on any atom is -0.354 e. The number of nitrogens with one attached hydrogen (secondary N) is 1. The molecule has 1 atom stereocenters. The van der Waals surface area contributed by atoms with Gasteiger partial charge in [-0.3, -0.25) is 9.59 Å². The lowest BCUT2D eigenvalue weighted by atomic mass is 10.0. The van der Waals surface area contributed by atoms with Gasteiger partial charge in [0, 0.05) is 29.0 Å². The van der Waals surface area contributed by atoms with E-state index < -0.39 is 6.04 Å². The van der Waals surface area contributed by atoms with Crippen molar-refractivity contribution in [2.45, 2.75) is 39.3 Å². The van der Waals surface area contributed by atoms with Crippen molar-refractivity contribution in [3.05, 3.63) is 105 Å². The molecule has 3 aromatic carbocycles. The van der Waals surface area contributed by atoms with E-state index in [0.29, 0.717) is 30.5 Å². The normalized spacial score (nSPS) is 11.8. The van der Waals surface area contributed by atoms with Crippen LogP contribution in [0.3, 0.4) is 0 Å². The topological polar surface area (TPSA) is 49.4 Å². The average Bonchev–Trinajstić information content (AvgIpc) is 2.83. The fourth-order valence-electron chi connectivity index (χ4n) is 3.64. The minimum atomic E-state index is -0.635. The summed E-state index contributed by atoms with van der Waals surface area (Å²) in [5.74, 6) is 0.0657. The second-order valence-electron chi connectivity index (χ2n) is 8.80. The Balaban J connectivity index is 1.93. The van der Waals surface area contributed by atoms with E-state index in [-0.39, 0.29) is 18.2 Å². The summed E-state index contributed by atoms with van der Waals surface area (Å²) in [7, 11) is 0. The molecule has 0 saturated heterocycles. The monoisotopic (exact) mass is 540 g/mol. The van der Waals surface area contributed by atoms with E-state index in [4.69, 9.17) is 11.6 Å². The number of amides is 2. The van der Waals surface area contributed by atoms with Gasteiger partial charge in [0.05, 0.1) is 6.42 Å². The van der Waals surface area contributed by atoms with Crippen LogP contribution < -0.4 is 5.32 Å². The Morgan fingerprint density at radius 3 is 2.12 bits per heavy atom. The molecule has 1 unspecified atom stereocenters. The Morgan fingerprint density at radius 1 is 0.882 bits per heavy atom. The van der Waals surface area contributed by atoms with E-state index >= 15 is 0 Å². The van der Waals surface area contributed by atoms with Crippen molar-refractivity contribution in [3.8, 4) is 0 Å². The van der Waals surface area contributed by atoms with Gasteiger partial charge in [-0.05, 0) is 46.9 Å². The van der Waals surface area contributed by atoms with Crippen LogP contribution in [0.2, 0.25) is 5.02 Å². The van der Waals surface area contributed by atoms with Crippen molar-refractivity contribution in [2.24, 2.45) is 5.92 Å². The Morgan fingerprint density at radius 2 is 1.50 bits per heavy atom. The van der Waals surface area contributed by atoms with Crippen LogP contribution in [0.5, 0.6) is 0 Å². The van der Waals surface area contributed by atoms with Gasteiger partial charge in [0.2, 0.25) is 11.8 Å². The quantitative estimate of drug-likeness (QED) is 0.339. The summed E-state index contributed by atoms with van der Waals surface area (Å²) in [5.41, 5.74) is 2.82. The first kappa shape index (κ1) is 26.0. The van der Waals surface area contributed by atoms with Gasteiger partial charge in [-0.1, -0.05) is 96.0 Å². The van der Waals surface area contributed by atoms with Crippen LogP contribution in [0.4, 0.5) is 0 Å². The van der Waals surface area contributed by atoms with Crippen LogP contribution in [-0.4, -0.2) is 29.3 Å². The van der Waals surface area contributed by atoms with E-state index in [0.717, 1.165) is 21.2 Å². The number of halogens is 2. The van der Waals surface area contributed by atoms with Crippen molar-refractivity contribution >= 4 is 39.3 Å². The maximum atomic E-state index is 13.6. The van der Waals surface area contributed by atoms with Crippen LogP contribution in [0.1, 0.15) is 30.5 Å². The Labute approximate surface area is 215 Å². The second-order valence-corrected chi connectivity index (χ2v) is 10.1. The predicted molar refractivity (Wildman–Crippen MR) is 142 cm³/mol. The molecule has 6 heteroatoms. The molecule has 2 amide bonds. The molecular formula is C28H30BrClN2O2. The standard InChI is InChI=1S/C28H30BrClN2O2/c1-20(2)18-31-28(34)26(16-21-6-4-3-5-7-21)32(19-23-8-12-24(29)13-9-23)27(33)17-22-10-14-25(30)15-11-22/h3-15,20,26H,16-19H2,1-2H3,(H,31,34). The van der Waals surface area contributed by atoms with Gasteiger partial charge in [-0.15, -0.1) is 0 Å². The molecule has 0 aromatic heterocycles. The molecule has 3 rings (SSSR count). The number of hydrogen-bond donors (Lipinski definition) is 1. The van der Waals surface area contributed by atoms with E-state index in [9.17, 15) is 9.59 Å². The minimum absolute atomic E-state index is 0.106. The summed E-state index contributed by atoms with van der Waals surface area (Å²) in [6.45, 7) is 5.00. The highest BCUT2D eigenvalue weighted by Crippen LogP contribution is 2.19. The fraction of sp³-hybridized carbons (Fsp3) is 0.286. The lowest BCUT2D eigenvalue weighted by molar-refractivity contribution is -0.140. The SMILES string of the molecule is CC(C)CNC(=O)C(Cc1ccccc1)N(Cc1ccc(Br)cc1)C(=O)Cc1ccc(Cl)cc1. The number of carbonyl (C=O) groups excluding carboxylic acids is 2. The number of hydrogen-bond acceptors (Lipinski definition) is 2. The highest BCUT2D eigenvalue weighted by Gasteiger charge is 2.30. The van der Waals surface area contributed by atoms with Gasteiger partial charge in [0.15, 0.2) is 0 Å². The molecular weight excluding hydrogens is 512 g/mol. The zero-order valence-corrected chi connectivity index (χ0v) is 21.9. The highest BCUT2D eigenvalue weighted by atomic mass is 79.9. The van der Waals surface area contributed by atoms with E-state index in [1.807, 2.05) is 66.7 Å². The summed E-state index contributed by atoms with van der Waals surface area (Å²) >= 11 is 9.49. The first-order valence-corrected chi connectivity index (χ1v) is 12.6. The van der Waals surface area contributed by atoms with Crippen LogP contribution in [-0.2, 0) is 29.0 Å². The molecule has 0 aliphatic carbocycles. The molecule has 34 heavy (non-hydrogen) atoms. The van der Waals surface area contributed by atoms with Gasteiger partial charge in [0.1, 0.15) is 6.04 Å². The third-order valence-electron chi connectivity index (χ3n) is 5.49. The van der Waals surface area contributed by atoms with Crippen LogP contribution in [0.25, 0.3) is 0 Å². The summed E-state index contributed by atoms with van der Waals surface area (Å²) in [5, 5.41) is 3.67. The molecule has 1 N–H and O–H groups in total. The van der Waals surface area contributed by atoms with Crippen LogP contribution in [0, 0.1) is 5.92 Å². The Hall–Kier alpha value is -2.63. The second kappa shape index (κ2) is 12.7. The van der Waals surface area contributed by atoms with E-state index in [1.54, 1.807) is 17.0 Å². The van der Waals surface area contributed by atoms with Gasteiger partial charge in [0.25, 0.3) is 0 Å². The Bertz CT molecular complexity index is 1070. The maximum absolute atomic E-state index is 13.6. The Kier molecular flexibility index (Phi) is 9.73. The molecule has 0 saturated carbocycles. The number of rotatable bonds is 10. The lowest BCUT2D eigenvalue weighted by Gasteiger charge is -2.32. The van der Waals surface area contributed by atoms with Crippen LogP contribution in [0.15, 0.2) is 83.3 Å². The van der Waals surface area contributed by atoms with Crippen LogP contribution >= 0.6 is 27.5 Å². The summed E-state index contributed by atoms with van der Waals surface area (Å²) in [4.78, 5) is 28.8. The van der Waals surface area contributed by atoms with Crippen molar-refractivity contribution in [1.29, 1.82) is 0 Å². The number of benzene rings is 3. The van der Waals surface area contributed by atoms with Crippen molar-refractivity contribution in [1.82, 2.24) is 10.2 Å². The molecule has 3 aromatic rings. The number of nitrogens with zero attached hydrogens (tertiary/aromatic N) is 1. The van der Waals surface area contributed by atoms with Gasteiger partial charge in [-0.25, -0.2) is 0 Å². The zero-order valence-electron chi connectivity index (χ0n) is 19.5. The molecule has 0 aliphatic rings.